The average molecular weight is 399 g/mol. The van der Waals surface area contributed by atoms with Crippen LogP contribution in [0.2, 0.25) is 5.02 Å². The number of aryl methyl sites for hydroxylation is 1. The van der Waals surface area contributed by atoms with Crippen molar-refractivity contribution in [2.75, 3.05) is 12.5 Å². The van der Waals surface area contributed by atoms with Crippen LogP contribution in [0.25, 0.3) is 0 Å². The number of methoxy groups -OCH3 is 1. The van der Waals surface area contributed by atoms with Gasteiger partial charge in [-0.1, -0.05) is 29.8 Å². The molecular formula is C20H19ClN4O3. The van der Waals surface area contributed by atoms with Gasteiger partial charge in [0.2, 0.25) is 5.95 Å². The standard InChI is InChI=1S/C20H19ClN4O3/c1-13-10-18(26)24-20(23-13)25-22-11-15-4-3-5-17(27-2)19(15)28-12-14-6-8-16(21)9-7-14/h3-11H,12H2,1-2H3,(H2,23,24,25,26)/b22-11+. The molecule has 2 N–H and O–H groups in total. The van der Waals surface area contributed by atoms with Gasteiger partial charge < -0.3 is 9.47 Å². The predicted molar refractivity (Wildman–Crippen MR) is 110 cm³/mol. The van der Waals surface area contributed by atoms with E-state index in [2.05, 4.69) is 20.5 Å². The van der Waals surface area contributed by atoms with Crippen LogP contribution in [-0.4, -0.2) is 23.3 Å². The Morgan fingerprint density at radius 1 is 1.25 bits per heavy atom. The Bertz CT molecular complexity index is 1030. The highest BCUT2D eigenvalue weighted by molar-refractivity contribution is 6.30. The first-order valence-electron chi connectivity index (χ1n) is 8.46. The number of rotatable bonds is 7. The Balaban J connectivity index is 1.78. The molecule has 0 aliphatic rings. The first-order chi connectivity index (χ1) is 13.5. The highest BCUT2D eigenvalue weighted by Crippen LogP contribution is 2.31. The van der Waals surface area contributed by atoms with Gasteiger partial charge in [0.25, 0.3) is 5.56 Å². The van der Waals surface area contributed by atoms with E-state index in [4.69, 9.17) is 21.1 Å². The zero-order valence-corrected chi connectivity index (χ0v) is 16.2. The number of halogens is 1. The zero-order chi connectivity index (χ0) is 19.9. The number of benzene rings is 2. The molecule has 0 bridgehead atoms. The van der Waals surface area contributed by atoms with E-state index in [1.54, 1.807) is 20.2 Å². The summed E-state index contributed by atoms with van der Waals surface area (Å²) in [6.45, 7) is 2.08. The third kappa shape index (κ3) is 5.11. The summed E-state index contributed by atoms with van der Waals surface area (Å²) in [5.74, 6) is 1.39. The predicted octanol–water partition coefficient (Wildman–Crippen LogP) is 3.77. The summed E-state index contributed by atoms with van der Waals surface area (Å²) >= 11 is 5.92. The summed E-state index contributed by atoms with van der Waals surface area (Å²) in [5, 5.41) is 4.81. The fourth-order valence-corrected chi connectivity index (χ4v) is 2.61. The highest BCUT2D eigenvalue weighted by Gasteiger charge is 2.10. The second-order valence-corrected chi connectivity index (χ2v) is 6.34. The maximum absolute atomic E-state index is 11.5. The maximum atomic E-state index is 11.5. The Morgan fingerprint density at radius 3 is 2.75 bits per heavy atom. The summed E-state index contributed by atoms with van der Waals surface area (Å²) < 4.78 is 11.4. The first kappa shape index (κ1) is 19.4. The summed E-state index contributed by atoms with van der Waals surface area (Å²) in [7, 11) is 1.57. The van der Waals surface area contributed by atoms with Crippen molar-refractivity contribution in [3.63, 3.8) is 0 Å². The van der Waals surface area contributed by atoms with E-state index in [0.29, 0.717) is 34.4 Å². The van der Waals surface area contributed by atoms with Gasteiger partial charge in [-0.2, -0.15) is 5.10 Å². The molecule has 0 spiro atoms. The van der Waals surface area contributed by atoms with Gasteiger partial charge in [-0.15, -0.1) is 0 Å². The van der Waals surface area contributed by atoms with E-state index in [1.807, 2.05) is 42.5 Å². The number of aromatic nitrogens is 2. The van der Waals surface area contributed by atoms with Gasteiger partial charge in [-0.25, -0.2) is 10.4 Å². The van der Waals surface area contributed by atoms with Crippen molar-refractivity contribution >= 4 is 23.8 Å². The fourth-order valence-electron chi connectivity index (χ4n) is 2.48. The Hall–Kier alpha value is -3.32. The van der Waals surface area contributed by atoms with Gasteiger partial charge in [0.15, 0.2) is 11.5 Å². The lowest BCUT2D eigenvalue weighted by molar-refractivity contribution is 0.284. The molecule has 3 rings (SSSR count). The van der Waals surface area contributed by atoms with E-state index < -0.39 is 0 Å². The topological polar surface area (TPSA) is 88.6 Å². The largest absolute Gasteiger partial charge is 0.493 e. The van der Waals surface area contributed by atoms with Gasteiger partial charge in [-0.05, 0) is 36.8 Å². The minimum Gasteiger partial charge on any atom is -0.493 e. The number of hydrogen-bond donors (Lipinski definition) is 2. The molecule has 7 nitrogen and oxygen atoms in total. The van der Waals surface area contributed by atoms with Crippen LogP contribution in [0.3, 0.4) is 0 Å². The second-order valence-electron chi connectivity index (χ2n) is 5.90. The van der Waals surface area contributed by atoms with Crippen molar-refractivity contribution in [1.82, 2.24) is 9.97 Å². The molecule has 0 fully saturated rings. The normalized spacial score (nSPS) is 10.8. The van der Waals surface area contributed by atoms with E-state index in [1.165, 1.54) is 6.07 Å². The van der Waals surface area contributed by atoms with Crippen molar-refractivity contribution in [2.24, 2.45) is 5.10 Å². The molecule has 144 valence electrons. The number of hydrogen-bond acceptors (Lipinski definition) is 6. The summed E-state index contributed by atoms with van der Waals surface area (Å²) in [4.78, 5) is 18.2. The van der Waals surface area contributed by atoms with E-state index in [0.717, 1.165) is 5.56 Å². The Labute approximate surface area is 167 Å². The molecule has 2 aromatic carbocycles. The highest BCUT2D eigenvalue weighted by atomic mass is 35.5. The minimum absolute atomic E-state index is 0.251. The molecule has 0 aliphatic heterocycles. The lowest BCUT2D eigenvalue weighted by atomic mass is 10.2. The summed E-state index contributed by atoms with van der Waals surface area (Å²) in [6, 6.07) is 14.3. The van der Waals surface area contributed by atoms with Crippen LogP contribution in [0.5, 0.6) is 11.5 Å². The molecule has 0 atom stereocenters. The van der Waals surface area contributed by atoms with Crippen molar-refractivity contribution in [3.8, 4) is 11.5 Å². The van der Waals surface area contributed by atoms with Crippen LogP contribution in [0.15, 0.2) is 58.4 Å². The number of ether oxygens (including phenoxy) is 2. The number of aromatic amines is 1. The van der Waals surface area contributed by atoms with Gasteiger partial charge in [0.05, 0.1) is 13.3 Å². The van der Waals surface area contributed by atoms with Crippen molar-refractivity contribution in [1.29, 1.82) is 0 Å². The van der Waals surface area contributed by atoms with Crippen LogP contribution in [0.1, 0.15) is 16.8 Å². The molecule has 3 aromatic rings. The van der Waals surface area contributed by atoms with Crippen molar-refractivity contribution in [2.45, 2.75) is 13.5 Å². The smallest absolute Gasteiger partial charge is 0.252 e. The molecule has 0 radical (unpaired) electrons. The number of para-hydroxylation sites is 1. The molecule has 1 aromatic heterocycles. The molecule has 28 heavy (non-hydrogen) atoms. The van der Waals surface area contributed by atoms with Gasteiger partial charge in [0, 0.05) is 22.3 Å². The van der Waals surface area contributed by atoms with Crippen LogP contribution in [-0.2, 0) is 6.61 Å². The molecule has 0 saturated carbocycles. The number of hydrazone groups is 1. The van der Waals surface area contributed by atoms with Crippen LogP contribution < -0.4 is 20.5 Å². The summed E-state index contributed by atoms with van der Waals surface area (Å²) in [6.07, 6.45) is 1.57. The number of nitrogens with zero attached hydrogens (tertiary/aromatic N) is 2. The number of H-pyrrole nitrogens is 1. The fraction of sp³-hybridized carbons (Fsp3) is 0.150. The van der Waals surface area contributed by atoms with Crippen LogP contribution in [0, 0.1) is 6.92 Å². The van der Waals surface area contributed by atoms with Gasteiger partial charge in [0.1, 0.15) is 6.61 Å². The average Bonchev–Trinajstić information content (AvgIpc) is 2.67. The van der Waals surface area contributed by atoms with Crippen LogP contribution >= 0.6 is 11.6 Å². The van der Waals surface area contributed by atoms with Crippen molar-refractivity contribution in [3.05, 3.63) is 80.7 Å². The second kappa shape index (κ2) is 9.05. The quantitative estimate of drug-likeness (QED) is 0.467. The maximum Gasteiger partial charge on any atom is 0.252 e. The molecule has 0 aliphatic carbocycles. The van der Waals surface area contributed by atoms with Crippen LogP contribution in [0.4, 0.5) is 5.95 Å². The zero-order valence-electron chi connectivity index (χ0n) is 15.4. The molecule has 1 heterocycles. The van der Waals surface area contributed by atoms with Gasteiger partial charge >= 0.3 is 0 Å². The lowest BCUT2D eigenvalue weighted by Gasteiger charge is -2.13. The monoisotopic (exact) mass is 398 g/mol. The van der Waals surface area contributed by atoms with Crippen molar-refractivity contribution < 1.29 is 9.47 Å². The molecule has 0 amide bonds. The SMILES string of the molecule is COc1cccc(/C=N/Nc2nc(C)cc(=O)[nH]2)c1OCc1ccc(Cl)cc1. The third-order valence-corrected chi connectivity index (χ3v) is 4.02. The molecule has 8 heteroatoms. The minimum atomic E-state index is -0.251. The molecular weight excluding hydrogens is 380 g/mol. The van der Waals surface area contributed by atoms with E-state index in [9.17, 15) is 4.79 Å². The number of nitrogens with one attached hydrogen (secondary N) is 2. The third-order valence-electron chi connectivity index (χ3n) is 3.77. The Kier molecular flexibility index (Phi) is 6.29. The van der Waals surface area contributed by atoms with Gasteiger partial charge in [-0.3, -0.25) is 9.78 Å². The lowest BCUT2D eigenvalue weighted by Crippen LogP contribution is -2.10. The van der Waals surface area contributed by atoms with E-state index in [-0.39, 0.29) is 11.5 Å². The number of anilines is 1. The Morgan fingerprint density at radius 2 is 2.04 bits per heavy atom. The van der Waals surface area contributed by atoms with E-state index >= 15 is 0 Å². The molecule has 0 saturated heterocycles. The first-order valence-corrected chi connectivity index (χ1v) is 8.84. The summed E-state index contributed by atoms with van der Waals surface area (Å²) in [5.41, 5.74) is 4.73. The molecule has 0 unspecified atom stereocenters.